The Morgan fingerprint density at radius 1 is 1.56 bits per heavy atom. The van der Waals surface area contributed by atoms with Crippen molar-refractivity contribution in [2.24, 2.45) is 0 Å². The zero-order chi connectivity index (χ0) is 11.5. The normalized spacial score (nSPS) is 20.8. The summed E-state index contributed by atoms with van der Waals surface area (Å²) < 4.78 is 24.0. The van der Waals surface area contributed by atoms with Gasteiger partial charge in [-0.05, 0) is 12.1 Å². The second-order valence-electron chi connectivity index (χ2n) is 3.58. The molecule has 88 valence electrons. The Morgan fingerprint density at radius 3 is 3.00 bits per heavy atom. The number of halogens is 1. The summed E-state index contributed by atoms with van der Waals surface area (Å²) >= 11 is 0. The number of methoxy groups -OCH3 is 1. The summed E-state index contributed by atoms with van der Waals surface area (Å²) in [6.07, 6.45) is -0.469. The van der Waals surface area contributed by atoms with Gasteiger partial charge >= 0.3 is 0 Å². The van der Waals surface area contributed by atoms with Gasteiger partial charge in [-0.3, -0.25) is 0 Å². The molecule has 0 saturated carbocycles. The van der Waals surface area contributed by atoms with Crippen molar-refractivity contribution in [3.05, 3.63) is 23.5 Å². The fraction of sp³-hybridized carbons (Fsp3) is 0.455. The molecular formula is C11H14FNO3. The number of benzene rings is 1. The van der Waals surface area contributed by atoms with Crippen molar-refractivity contribution in [2.45, 2.75) is 6.10 Å². The first-order chi connectivity index (χ1) is 7.74. The van der Waals surface area contributed by atoms with Gasteiger partial charge in [0.05, 0.1) is 19.3 Å². The highest BCUT2D eigenvalue weighted by atomic mass is 19.1. The molecule has 1 fully saturated rings. The van der Waals surface area contributed by atoms with Crippen LogP contribution in [-0.4, -0.2) is 31.9 Å². The van der Waals surface area contributed by atoms with Crippen molar-refractivity contribution >= 4 is 0 Å². The van der Waals surface area contributed by atoms with E-state index < -0.39 is 11.9 Å². The maximum atomic E-state index is 13.6. The molecule has 4 nitrogen and oxygen atoms in total. The minimum Gasteiger partial charge on any atom is -0.504 e. The Bertz CT molecular complexity index is 378. The lowest BCUT2D eigenvalue weighted by atomic mass is 10.1. The minimum atomic E-state index is -0.480. The molecule has 5 heteroatoms. The van der Waals surface area contributed by atoms with Gasteiger partial charge in [0.25, 0.3) is 0 Å². The van der Waals surface area contributed by atoms with Gasteiger partial charge in [-0.1, -0.05) is 0 Å². The highest BCUT2D eigenvalue weighted by Crippen LogP contribution is 2.37. The molecule has 1 saturated heterocycles. The van der Waals surface area contributed by atoms with Crippen LogP contribution in [0, 0.1) is 5.82 Å². The Hall–Kier alpha value is -1.33. The summed E-state index contributed by atoms with van der Waals surface area (Å²) in [5.41, 5.74) is 0.159. The monoisotopic (exact) mass is 227 g/mol. The third kappa shape index (κ3) is 1.96. The third-order valence-electron chi connectivity index (χ3n) is 2.60. The first kappa shape index (κ1) is 11.2. The zero-order valence-corrected chi connectivity index (χ0v) is 9.00. The van der Waals surface area contributed by atoms with E-state index in [4.69, 9.17) is 9.47 Å². The molecule has 1 heterocycles. The first-order valence-corrected chi connectivity index (χ1v) is 5.11. The Kier molecular flexibility index (Phi) is 3.26. The molecule has 1 atom stereocenters. The van der Waals surface area contributed by atoms with E-state index in [-0.39, 0.29) is 17.1 Å². The van der Waals surface area contributed by atoms with E-state index in [1.165, 1.54) is 19.2 Å². The molecule has 1 aliphatic heterocycles. The molecule has 0 aliphatic carbocycles. The summed E-state index contributed by atoms with van der Waals surface area (Å²) in [7, 11) is 1.43. The number of phenols is 1. The van der Waals surface area contributed by atoms with Crippen LogP contribution < -0.4 is 10.1 Å². The summed E-state index contributed by atoms with van der Waals surface area (Å²) in [4.78, 5) is 0. The van der Waals surface area contributed by atoms with Crippen molar-refractivity contribution in [1.82, 2.24) is 5.32 Å². The second kappa shape index (κ2) is 4.67. The molecule has 0 spiro atoms. The standard InChI is InChI=1S/C11H14FNO3/c1-15-8-3-2-7(12)10(11(8)14)9-6-13-4-5-16-9/h2-3,9,13-14H,4-6H2,1H3. The first-order valence-electron chi connectivity index (χ1n) is 5.11. The lowest BCUT2D eigenvalue weighted by Gasteiger charge is -2.25. The molecule has 0 bridgehead atoms. The lowest BCUT2D eigenvalue weighted by Crippen LogP contribution is -2.33. The number of ether oxygens (including phenoxy) is 2. The Labute approximate surface area is 93.0 Å². The van der Waals surface area contributed by atoms with Gasteiger partial charge in [0.2, 0.25) is 0 Å². The van der Waals surface area contributed by atoms with Crippen LogP contribution in [0.25, 0.3) is 0 Å². The summed E-state index contributed by atoms with van der Waals surface area (Å²) in [6, 6.07) is 2.66. The van der Waals surface area contributed by atoms with Gasteiger partial charge in [-0.15, -0.1) is 0 Å². The molecule has 1 unspecified atom stereocenters. The van der Waals surface area contributed by atoms with Gasteiger partial charge in [0, 0.05) is 13.1 Å². The minimum absolute atomic E-state index is 0.159. The summed E-state index contributed by atoms with van der Waals surface area (Å²) in [5.74, 6) is -0.409. The molecule has 0 aromatic heterocycles. The number of nitrogens with one attached hydrogen (secondary N) is 1. The van der Waals surface area contributed by atoms with Crippen LogP contribution in [-0.2, 0) is 4.74 Å². The van der Waals surface area contributed by atoms with Crippen LogP contribution in [0.1, 0.15) is 11.7 Å². The van der Waals surface area contributed by atoms with E-state index in [9.17, 15) is 9.50 Å². The Morgan fingerprint density at radius 2 is 2.38 bits per heavy atom. The van der Waals surface area contributed by atoms with E-state index >= 15 is 0 Å². The molecule has 2 N–H and O–H groups in total. The number of phenolic OH excluding ortho intramolecular Hbond substituents is 1. The molecule has 1 aromatic carbocycles. The van der Waals surface area contributed by atoms with Gasteiger partial charge in [-0.25, -0.2) is 4.39 Å². The van der Waals surface area contributed by atoms with Gasteiger partial charge in [0.1, 0.15) is 11.9 Å². The largest absolute Gasteiger partial charge is 0.504 e. The highest BCUT2D eigenvalue weighted by Gasteiger charge is 2.24. The smallest absolute Gasteiger partial charge is 0.166 e. The SMILES string of the molecule is COc1ccc(F)c(C2CNCCO2)c1O. The lowest BCUT2D eigenvalue weighted by molar-refractivity contribution is 0.0238. The van der Waals surface area contributed by atoms with Crippen molar-refractivity contribution < 1.29 is 19.0 Å². The molecule has 1 aliphatic rings. The topological polar surface area (TPSA) is 50.7 Å². The summed E-state index contributed by atoms with van der Waals surface area (Å²) in [5, 5.41) is 12.9. The number of aromatic hydroxyl groups is 1. The number of hydrogen-bond acceptors (Lipinski definition) is 4. The predicted molar refractivity (Wildman–Crippen MR) is 56.2 cm³/mol. The van der Waals surface area contributed by atoms with Crippen LogP contribution in [0.3, 0.4) is 0 Å². The second-order valence-corrected chi connectivity index (χ2v) is 3.58. The van der Waals surface area contributed by atoms with Crippen LogP contribution in [0.2, 0.25) is 0 Å². The molecular weight excluding hydrogens is 213 g/mol. The maximum absolute atomic E-state index is 13.6. The fourth-order valence-corrected chi connectivity index (χ4v) is 1.79. The van der Waals surface area contributed by atoms with E-state index in [1.807, 2.05) is 0 Å². The van der Waals surface area contributed by atoms with Crippen LogP contribution in [0.15, 0.2) is 12.1 Å². The van der Waals surface area contributed by atoms with E-state index in [1.54, 1.807) is 0 Å². The average molecular weight is 227 g/mol. The van der Waals surface area contributed by atoms with E-state index in [2.05, 4.69) is 5.32 Å². The van der Waals surface area contributed by atoms with Crippen LogP contribution in [0.5, 0.6) is 11.5 Å². The molecule has 2 rings (SSSR count). The molecule has 0 radical (unpaired) electrons. The molecule has 16 heavy (non-hydrogen) atoms. The number of rotatable bonds is 2. The van der Waals surface area contributed by atoms with E-state index in [0.717, 1.165) is 6.54 Å². The van der Waals surface area contributed by atoms with Crippen molar-refractivity contribution in [3.8, 4) is 11.5 Å². The van der Waals surface area contributed by atoms with Crippen LogP contribution >= 0.6 is 0 Å². The van der Waals surface area contributed by atoms with Crippen molar-refractivity contribution in [3.63, 3.8) is 0 Å². The molecule has 1 aromatic rings. The fourth-order valence-electron chi connectivity index (χ4n) is 1.79. The Balaban J connectivity index is 2.37. The van der Waals surface area contributed by atoms with E-state index in [0.29, 0.717) is 13.2 Å². The van der Waals surface area contributed by atoms with Gasteiger partial charge in [0.15, 0.2) is 11.5 Å². The predicted octanol–water partition coefficient (Wildman–Crippen LogP) is 1.20. The third-order valence-corrected chi connectivity index (χ3v) is 2.60. The maximum Gasteiger partial charge on any atom is 0.166 e. The zero-order valence-electron chi connectivity index (χ0n) is 9.00. The molecule has 0 amide bonds. The summed E-state index contributed by atoms with van der Waals surface area (Å²) in [6.45, 7) is 1.72. The number of hydrogen-bond donors (Lipinski definition) is 2. The van der Waals surface area contributed by atoms with Crippen LogP contribution in [0.4, 0.5) is 4.39 Å². The van der Waals surface area contributed by atoms with Gasteiger partial charge < -0.3 is 19.9 Å². The van der Waals surface area contributed by atoms with Crippen molar-refractivity contribution in [1.29, 1.82) is 0 Å². The number of morpholine rings is 1. The quantitative estimate of drug-likeness (QED) is 0.797. The van der Waals surface area contributed by atoms with Gasteiger partial charge in [-0.2, -0.15) is 0 Å². The average Bonchev–Trinajstić information content (AvgIpc) is 2.31. The van der Waals surface area contributed by atoms with Crippen molar-refractivity contribution in [2.75, 3.05) is 26.8 Å². The highest BCUT2D eigenvalue weighted by molar-refractivity contribution is 5.47.